The SMILES string of the molecule is CCc1nc(Cl)c(C)c(N2CCN(C)C(C)C2)n1. The lowest BCUT2D eigenvalue weighted by molar-refractivity contribution is 0.233. The van der Waals surface area contributed by atoms with Gasteiger partial charge in [-0.1, -0.05) is 18.5 Å². The summed E-state index contributed by atoms with van der Waals surface area (Å²) in [5.41, 5.74) is 0.991. The second-order valence-corrected chi connectivity index (χ2v) is 5.37. The topological polar surface area (TPSA) is 32.3 Å². The van der Waals surface area contributed by atoms with Gasteiger partial charge in [-0.3, -0.25) is 0 Å². The van der Waals surface area contributed by atoms with Gasteiger partial charge in [-0.2, -0.15) is 0 Å². The molecule has 1 unspecified atom stereocenters. The fraction of sp³-hybridized carbons (Fsp3) is 0.692. The van der Waals surface area contributed by atoms with Crippen LogP contribution in [0.15, 0.2) is 0 Å². The summed E-state index contributed by atoms with van der Waals surface area (Å²) in [6.45, 7) is 9.35. The molecule has 0 amide bonds. The van der Waals surface area contributed by atoms with Crippen molar-refractivity contribution in [2.45, 2.75) is 33.2 Å². The maximum atomic E-state index is 6.19. The Balaban J connectivity index is 2.30. The van der Waals surface area contributed by atoms with Crippen LogP contribution in [0, 0.1) is 6.92 Å². The molecule has 1 aromatic rings. The van der Waals surface area contributed by atoms with E-state index in [2.05, 4.69) is 40.7 Å². The van der Waals surface area contributed by atoms with Crippen molar-refractivity contribution in [3.05, 3.63) is 16.5 Å². The fourth-order valence-corrected chi connectivity index (χ4v) is 2.41. The predicted octanol–water partition coefficient (Wildman–Crippen LogP) is 2.14. The first-order valence-corrected chi connectivity index (χ1v) is 6.89. The fourth-order valence-electron chi connectivity index (χ4n) is 2.23. The van der Waals surface area contributed by atoms with E-state index in [-0.39, 0.29) is 0 Å². The molecule has 0 spiro atoms. The third kappa shape index (κ3) is 2.59. The zero-order valence-corrected chi connectivity index (χ0v) is 12.3. The summed E-state index contributed by atoms with van der Waals surface area (Å²) in [6, 6.07) is 0.539. The van der Waals surface area contributed by atoms with Crippen LogP contribution in [0.4, 0.5) is 5.82 Å². The molecule has 18 heavy (non-hydrogen) atoms. The van der Waals surface area contributed by atoms with E-state index in [1.165, 1.54) is 0 Å². The first-order valence-electron chi connectivity index (χ1n) is 6.51. The molecule has 1 aliphatic heterocycles. The van der Waals surface area contributed by atoms with Crippen molar-refractivity contribution < 1.29 is 0 Å². The number of rotatable bonds is 2. The number of anilines is 1. The third-order valence-electron chi connectivity index (χ3n) is 3.68. The molecule has 0 N–H and O–H groups in total. The van der Waals surface area contributed by atoms with Gasteiger partial charge in [0, 0.05) is 37.7 Å². The van der Waals surface area contributed by atoms with E-state index in [9.17, 15) is 0 Å². The largest absolute Gasteiger partial charge is 0.353 e. The maximum Gasteiger partial charge on any atom is 0.137 e. The van der Waals surface area contributed by atoms with Gasteiger partial charge in [0.1, 0.15) is 16.8 Å². The molecular formula is C13H21ClN4. The Morgan fingerprint density at radius 1 is 1.33 bits per heavy atom. The van der Waals surface area contributed by atoms with Crippen molar-refractivity contribution in [2.24, 2.45) is 0 Å². The Bertz CT molecular complexity index is 435. The summed E-state index contributed by atoms with van der Waals surface area (Å²) >= 11 is 6.19. The molecule has 0 radical (unpaired) electrons. The number of hydrogen-bond acceptors (Lipinski definition) is 4. The van der Waals surface area contributed by atoms with E-state index in [1.54, 1.807) is 0 Å². The minimum Gasteiger partial charge on any atom is -0.353 e. The molecule has 1 aromatic heterocycles. The molecule has 1 aliphatic rings. The molecule has 1 saturated heterocycles. The molecule has 4 nitrogen and oxygen atoms in total. The minimum absolute atomic E-state index is 0.539. The summed E-state index contributed by atoms with van der Waals surface area (Å²) in [6.07, 6.45) is 0.816. The van der Waals surface area contributed by atoms with Gasteiger partial charge in [-0.05, 0) is 20.9 Å². The van der Waals surface area contributed by atoms with E-state index < -0.39 is 0 Å². The summed E-state index contributed by atoms with van der Waals surface area (Å²) in [4.78, 5) is 13.6. The number of piperazine rings is 1. The van der Waals surface area contributed by atoms with Crippen LogP contribution in [-0.4, -0.2) is 47.6 Å². The van der Waals surface area contributed by atoms with Crippen LogP contribution < -0.4 is 4.90 Å². The summed E-state index contributed by atoms with van der Waals surface area (Å²) in [5.74, 6) is 1.83. The highest BCUT2D eigenvalue weighted by molar-refractivity contribution is 6.30. The van der Waals surface area contributed by atoms with Crippen LogP contribution in [0.5, 0.6) is 0 Å². The molecule has 2 heterocycles. The molecule has 1 atom stereocenters. The van der Waals surface area contributed by atoms with Gasteiger partial charge in [0.05, 0.1) is 0 Å². The van der Waals surface area contributed by atoms with Crippen LogP contribution in [-0.2, 0) is 6.42 Å². The monoisotopic (exact) mass is 268 g/mol. The van der Waals surface area contributed by atoms with Crippen molar-refractivity contribution >= 4 is 17.4 Å². The first kappa shape index (κ1) is 13.6. The Hall–Kier alpha value is -0.870. The van der Waals surface area contributed by atoms with Crippen molar-refractivity contribution in [2.75, 3.05) is 31.6 Å². The highest BCUT2D eigenvalue weighted by Crippen LogP contribution is 2.25. The predicted molar refractivity (Wildman–Crippen MR) is 75.5 cm³/mol. The van der Waals surface area contributed by atoms with Crippen LogP contribution >= 0.6 is 11.6 Å². The molecule has 0 aliphatic carbocycles. The third-order valence-corrected chi connectivity index (χ3v) is 4.05. The van der Waals surface area contributed by atoms with Crippen LogP contribution in [0.1, 0.15) is 25.2 Å². The molecule has 2 rings (SSSR count). The number of hydrogen-bond donors (Lipinski definition) is 0. The van der Waals surface area contributed by atoms with E-state index in [0.717, 1.165) is 43.3 Å². The Kier molecular flexibility index (Phi) is 4.07. The minimum atomic E-state index is 0.539. The lowest BCUT2D eigenvalue weighted by Crippen LogP contribution is -2.50. The smallest absolute Gasteiger partial charge is 0.137 e. The van der Waals surface area contributed by atoms with Gasteiger partial charge in [0.2, 0.25) is 0 Å². The average molecular weight is 269 g/mol. The molecule has 100 valence electrons. The Morgan fingerprint density at radius 3 is 2.67 bits per heavy atom. The lowest BCUT2D eigenvalue weighted by Gasteiger charge is -2.39. The number of aryl methyl sites for hydroxylation is 1. The van der Waals surface area contributed by atoms with E-state index in [0.29, 0.717) is 11.2 Å². The summed E-state index contributed by atoms with van der Waals surface area (Å²) in [5, 5.41) is 0.587. The van der Waals surface area contributed by atoms with Gasteiger partial charge >= 0.3 is 0 Å². The Labute approximate surface area is 114 Å². The molecule has 0 aromatic carbocycles. The molecule has 0 bridgehead atoms. The van der Waals surface area contributed by atoms with Gasteiger partial charge < -0.3 is 9.80 Å². The van der Waals surface area contributed by atoms with Crippen molar-refractivity contribution in [3.63, 3.8) is 0 Å². The normalized spacial score (nSPS) is 21.4. The molecule has 1 fully saturated rings. The van der Waals surface area contributed by atoms with E-state index in [4.69, 9.17) is 11.6 Å². The molecule has 0 saturated carbocycles. The van der Waals surface area contributed by atoms with E-state index >= 15 is 0 Å². The number of aromatic nitrogens is 2. The van der Waals surface area contributed by atoms with Crippen LogP contribution in [0.2, 0.25) is 5.15 Å². The molecular weight excluding hydrogens is 248 g/mol. The standard InChI is InChI=1S/C13H21ClN4/c1-5-11-15-12(14)10(3)13(16-11)18-7-6-17(4)9(2)8-18/h9H,5-8H2,1-4H3. The second-order valence-electron chi connectivity index (χ2n) is 5.01. The quantitative estimate of drug-likeness (QED) is 0.770. The number of halogens is 1. The maximum absolute atomic E-state index is 6.19. The van der Waals surface area contributed by atoms with Gasteiger partial charge in [0.15, 0.2) is 0 Å². The van der Waals surface area contributed by atoms with Crippen LogP contribution in [0.25, 0.3) is 0 Å². The Morgan fingerprint density at radius 2 is 2.06 bits per heavy atom. The lowest BCUT2D eigenvalue weighted by atomic mass is 10.2. The van der Waals surface area contributed by atoms with Crippen LogP contribution in [0.3, 0.4) is 0 Å². The highest BCUT2D eigenvalue weighted by atomic mass is 35.5. The van der Waals surface area contributed by atoms with Crippen molar-refractivity contribution in [1.29, 1.82) is 0 Å². The van der Waals surface area contributed by atoms with Gasteiger partial charge in [-0.25, -0.2) is 9.97 Å². The second kappa shape index (κ2) is 5.41. The van der Waals surface area contributed by atoms with Gasteiger partial charge in [0.25, 0.3) is 0 Å². The summed E-state index contributed by atoms with van der Waals surface area (Å²) in [7, 11) is 2.17. The van der Waals surface area contributed by atoms with Crippen molar-refractivity contribution in [1.82, 2.24) is 14.9 Å². The van der Waals surface area contributed by atoms with E-state index in [1.807, 2.05) is 6.92 Å². The molecule has 5 heteroatoms. The zero-order chi connectivity index (χ0) is 13.3. The van der Waals surface area contributed by atoms with Crippen molar-refractivity contribution in [3.8, 4) is 0 Å². The number of nitrogens with zero attached hydrogens (tertiary/aromatic N) is 4. The average Bonchev–Trinajstić information content (AvgIpc) is 2.36. The summed E-state index contributed by atoms with van der Waals surface area (Å²) < 4.78 is 0. The zero-order valence-electron chi connectivity index (χ0n) is 11.6. The first-order chi connectivity index (χ1) is 8.52. The highest BCUT2D eigenvalue weighted by Gasteiger charge is 2.24. The van der Waals surface area contributed by atoms with Gasteiger partial charge in [-0.15, -0.1) is 0 Å². The number of likely N-dealkylation sites (N-methyl/N-ethyl adjacent to an activating group) is 1.